The topological polar surface area (TPSA) is 16.4 Å². The molecule has 0 saturated heterocycles. The molecule has 1 heterocycles. The maximum absolute atomic E-state index is 5.68. The summed E-state index contributed by atoms with van der Waals surface area (Å²) in [6.45, 7) is 1.93. The molecule has 16 heavy (non-hydrogen) atoms. The van der Waals surface area contributed by atoms with Crippen LogP contribution in [-0.2, 0) is 6.54 Å². The van der Waals surface area contributed by atoms with E-state index in [9.17, 15) is 0 Å². The lowest BCUT2D eigenvalue weighted by atomic mass is 10.1. The highest BCUT2D eigenvalue weighted by atomic mass is 35.5. The van der Waals surface area contributed by atoms with E-state index in [0.717, 1.165) is 31.0 Å². The molecule has 2 rings (SSSR count). The first-order valence-electron chi connectivity index (χ1n) is 5.51. The summed E-state index contributed by atoms with van der Waals surface area (Å²) < 4.78 is 5.50. The molecular weight excluding hydrogens is 222 g/mol. The molecule has 0 N–H and O–H groups in total. The Kier molecular flexibility index (Phi) is 3.86. The molecule has 2 nitrogen and oxygen atoms in total. The number of nitrogens with zero attached hydrogens (tertiary/aromatic N) is 1. The minimum absolute atomic E-state index is 0.719. The van der Waals surface area contributed by atoms with Crippen molar-refractivity contribution in [2.45, 2.75) is 13.0 Å². The molecule has 0 aliphatic heterocycles. The lowest BCUT2D eigenvalue weighted by Gasteiger charge is -2.14. The van der Waals surface area contributed by atoms with Crippen LogP contribution in [0.4, 0.5) is 0 Å². The number of rotatable bonds is 5. The van der Waals surface area contributed by atoms with Crippen molar-refractivity contribution in [3.05, 3.63) is 36.1 Å². The summed E-state index contributed by atoms with van der Waals surface area (Å²) in [5.41, 5.74) is 2.20. The summed E-state index contributed by atoms with van der Waals surface area (Å²) in [6, 6.07) is 8.13. The van der Waals surface area contributed by atoms with Crippen LogP contribution in [0.5, 0.6) is 0 Å². The smallest absolute Gasteiger partial charge is 0.134 e. The summed E-state index contributed by atoms with van der Waals surface area (Å²) in [4.78, 5) is 2.26. The molecule has 0 fully saturated rings. The molecule has 3 heteroatoms. The van der Waals surface area contributed by atoms with E-state index in [4.69, 9.17) is 16.0 Å². The van der Waals surface area contributed by atoms with Gasteiger partial charge in [0.2, 0.25) is 0 Å². The second-order valence-corrected chi connectivity index (χ2v) is 4.42. The molecule has 1 aromatic heterocycles. The third-order valence-electron chi connectivity index (χ3n) is 2.67. The van der Waals surface area contributed by atoms with E-state index in [1.807, 2.05) is 24.5 Å². The average molecular weight is 238 g/mol. The standard InChI is InChI=1S/C13H16ClNO/c1-15(8-4-7-14)9-11-10-16-13-6-3-2-5-12(11)13/h2-3,5-6,10H,4,7-9H2,1H3. The van der Waals surface area contributed by atoms with Crippen LogP contribution >= 0.6 is 11.6 Å². The van der Waals surface area contributed by atoms with Gasteiger partial charge in [-0.1, -0.05) is 18.2 Å². The van der Waals surface area contributed by atoms with Crippen molar-refractivity contribution in [2.24, 2.45) is 0 Å². The Hall–Kier alpha value is -0.990. The van der Waals surface area contributed by atoms with Crippen LogP contribution in [0.15, 0.2) is 34.9 Å². The van der Waals surface area contributed by atoms with Gasteiger partial charge in [0.05, 0.1) is 6.26 Å². The minimum Gasteiger partial charge on any atom is -0.464 e. The predicted octanol–water partition coefficient (Wildman–Crippen LogP) is 3.49. The Morgan fingerprint density at radius 2 is 2.12 bits per heavy atom. The average Bonchev–Trinajstić information content (AvgIpc) is 2.70. The monoisotopic (exact) mass is 237 g/mol. The zero-order valence-corrected chi connectivity index (χ0v) is 10.2. The number of halogens is 1. The molecule has 86 valence electrons. The molecule has 0 unspecified atom stereocenters. The molecule has 0 saturated carbocycles. The quantitative estimate of drug-likeness (QED) is 0.741. The molecule has 0 spiro atoms. The molecule has 2 aromatic rings. The van der Waals surface area contributed by atoms with Gasteiger partial charge in [0, 0.05) is 23.4 Å². The number of hydrogen-bond donors (Lipinski definition) is 0. The van der Waals surface area contributed by atoms with Crippen LogP contribution < -0.4 is 0 Å². The molecular formula is C13H16ClNO. The van der Waals surface area contributed by atoms with Gasteiger partial charge in [-0.15, -0.1) is 11.6 Å². The van der Waals surface area contributed by atoms with Crippen molar-refractivity contribution in [1.29, 1.82) is 0 Å². The predicted molar refractivity (Wildman–Crippen MR) is 67.9 cm³/mol. The first-order chi connectivity index (χ1) is 7.81. The largest absolute Gasteiger partial charge is 0.464 e. The van der Waals surface area contributed by atoms with Gasteiger partial charge in [0.25, 0.3) is 0 Å². The van der Waals surface area contributed by atoms with Crippen molar-refractivity contribution >= 4 is 22.6 Å². The summed E-state index contributed by atoms with van der Waals surface area (Å²) in [7, 11) is 2.11. The SMILES string of the molecule is CN(CCCCl)Cc1coc2ccccc12. The number of hydrogen-bond acceptors (Lipinski definition) is 2. The van der Waals surface area contributed by atoms with Gasteiger partial charge in [0.15, 0.2) is 0 Å². The van der Waals surface area contributed by atoms with Crippen molar-refractivity contribution in [1.82, 2.24) is 4.90 Å². The third kappa shape index (κ3) is 2.57. The van der Waals surface area contributed by atoms with Gasteiger partial charge in [0.1, 0.15) is 5.58 Å². The second kappa shape index (κ2) is 5.37. The zero-order chi connectivity index (χ0) is 11.4. The van der Waals surface area contributed by atoms with E-state index < -0.39 is 0 Å². The zero-order valence-electron chi connectivity index (χ0n) is 9.45. The van der Waals surface area contributed by atoms with E-state index in [1.165, 1.54) is 10.9 Å². The van der Waals surface area contributed by atoms with Crippen LogP contribution in [0.1, 0.15) is 12.0 Å². The number of alkyl halides is 1. The Labute approximate surface area is 101 Å². The maximum Gasteiger partial charge on any atom is 0.134 e. The summed E-state index contributed by atoms with van der Waals surface area (Å²) >= 11 is 5.68. The lowest BCUT2D eigenvalue weighted by Crippen LogP contribution is -2.19. The summed E-state index contributed by atoms with van der Waals surface area (Å²) in [5.74, 6) is 0.719. The van der Waals surface area contributed by atoms with Crippen molar-refractivity contribution in [3.8, 4) is 0 Å². The van der Waals surface area contributed by atoms with E-state index in [2.05, 4.69) is 18.0 Å². The number of para-hydroxylation sites is 1. The van der Waals surface area contributed by atoms with Crippen molar-refractivity contribution < 1.29 is 4.42 Å². The van der Waals surface area contributed by atoms with Gasteiger partial charge in [-0.25, -0.2) is 0 Å². The number of fused-ring (bicyclic) bond motifs is 1. The fourth-order valence-corrected chi connectivity index (χ4v) is 1.97. The molecule has 0 atom stereocenters. The van der Waals surface area contributed by atoms with Gasteiger partial charge < -0.3 is 9.32 Å². The fraction of sp³-hybridized carbons (Fsp3) is 0.385. The highest BCUT2D eigenvalue weighted by molar-refractivity contribution is 6.17. The number of benzene rings is 1. The van der Waals surface area contributed by atoms with E-state index in [-0.39, 0.29) is 0 Å². The van der Waals surface area contributed by atoms with Gasteiger partial charge in [-0.05, 0) is 26.1 Å². The van der Waals surface area contributed by atoms with Gasteiger partial charge >= 0.3 is 0 Å². The number of furan rings is 1. The van der Waals surface area contributed by atoms with E-state index in [0.29, 0.717) is 0 Å². The first kappa shape index (κ1) is 11.5. The molecule has 0 bridgehead atoms. The van der Waals surface area contributed by atoms with Crippen LogP contribution in [0.3, 0.4) is 0 Å². The first-order valence-corrected chi connectivity index (χ1v) is 6.04. The Bertz CT molecular complexity index is 452. The van der Waals surface area contributed by atoms with Gasteiger partial charge in [-0.2, -0.15) is 0 Å². The highest BCUT2D eigenvalue weighted by Gasteiger charge is 2.07. The van der Waals surface area contributed by atoms with Gasteiger partial charge in [-0.3, -0.25) is 0 Å². The fourth-order valence-electron chi connectivity index (χ4n) is 1.85. The van der Waals surface area contributed by atoms with Crippen molar-refractivity contribution in [2.75, 3.05) is 19.5 Å². The van der Waals surface area contributed by atoms with E-state index >= 15 is 0 Å². The highest BCUT2D eigenvalue weighted by Crippen LogP contribution is 2.21. The van der Waals surface area contributed by atoms with Crippen LogP contribution in [-0.4, -0.2) is 24.4 Å². The van der Waals surface area contributed by atoms with Crippen LogP contribution in [0.25, 0.3) is 11.0 Å². The summed E-state index contributed by atoms with van der Waals surface area (Å²) in [5, 5.41) is 1.21. The summed E-state index contributed by atoms with van der Waals surface area (Å²) in [6.07, 6.45) is 2.87. The Morgan fingerprint density at radius 1 is 1.31 bits per heavy atom. The molecule has 0 aliphatic rings. The van der Waals surface area contributed by atoms with Crippen molar-refractivity contribution in [3.63, 3.8) is 0 Å². The third-order valence-corrected chi connectivity index (χ3v) is 2.94. The maximum atomic E-state index is 5.68. The second-order valence-electron chi connectivity index (χ2n) is 4.04. The van der Waals surface area contributed by atoms with E-state index in [1.54, 1.807) is 0 Å². The Balaban J connectivity index is 2.09. The van der Waals surface area contributed by atoms with Crippen LogP contribution in [0, 0.1) is 0 Å². The molecule has 1 aromatic carbocycles. The molecule has 0 amide bonds. The normalized spacial score (nSPS) is 11.4. The molecule has 0 radical (unpaired) electrons. The van der Waals surface area contributed by atoms with Crippen LogP contribution in [0.2, 0.25) is 0 Å². The lowest BCUT2D eigenvalue weighted by molar-refractivity contribution is 0.328. The Morgan fingerprint density at radius 3 is 2.94 bits per heavy atom. The molecule has 0 aliphatic carbocycles. The minimum atomic E-state index is 0.719.